The van der Waals surface area contributed by atoms with Crippen LogP contribution in [0.4, 0.5) is 0 Å². The molecule has 0 unspecified atom stereocenters. The van der Waals surface area contributed by atoms with Gasteiger partial charge in [-0.25, -0.2) is 4.79 Å². The van der Waals surface area contributed by atoms with Crippen LogP contribution in [0.25, 0.3) is 0 Å². The molecule has 0 atom stereocenters. The summed E-state index contributed by atoms with van der Waals surface area (Å²) in [6.45, 7) is 6.38. The van der Waals surface area contributed by atoms with Gasteiger partial charge >= 0.3 is 5.97 Å². The molecule has 0 rings (SSSR count). The highest BCUT2D eigenvalue weighted by atomic mass is 16.7. The van der Waals surface area contributed by atoms with Gasteiger partial charge in [-0.05, 0) is 13.8 Å². The lowest BCUT2D eigenvalue weighted by atomic mass is 10.3. The van der Waals surface area contributed by atoms with E-state index in [0.717, 1.165) is 5.57 Å². The van der Waals surface area contributed by atoms with Gasteiger partial charge in [0.2, 0.25) is 5.79 Å². The second kappa shape index (κ2) is 3.53. The highest BCUT2D eigenvalue weighted by molar-refractivity contribution is 5.82. The average Bonchev–Trinajstić information content (AvgIpc) is 1.53. The van der Waals surface area contributed by atoms with Gasteiger partial charge in [-0.3, -0.25) is 0 Å². The molecule has 0 aromatic carbocycles. The molecule has 0 aliphatic rings. The van der Waals surface area contributed by atoms with Gasteiger partial charge in [0, 0.05) is 19.9 Å². The highest BCUT2D eigenvalue weighted by Gasteiger charge is 2.16. The van der Waals surface area contributed by atoms with Gasteiger partial charge < -0.3 is 9.84 Å². The normalized spacial score (nSPS) is 10.6. The molecular weight excluding hydrogens is 144 g/mol. The smallest absolute Gasteiger partial charge is 0.333 e. The van der Waals surface area contributed by atoms with Crippen molar-refractivity contribution < 1.29 is 14.6 Å². The standard InChI is InChI=1S/C8H14O3/c1-6(2)5-7(9)11-8(3,4)10/h5,10H,1-4H3. The summed E-state index contributed by atoms with van der Waals surface area (Å²) in [4.78, 5) is 10.8. The van der Waals surface area contributed by atoms with Crippen molar-refractivity contribution in [3.05, 3.63) is 11.6 Å². The topological polar surface area (TPSA) is 46.5 Å². The van der Waals surface area contributed by atoms with E-state index in [4.69, 9.17) is 5.11 Å². The van der Waals surface area contributed by atoms with Gasteiger partial charge in [-0.1, -0.05) is 5.57 Å². The molecule has 0 aromatic heterocycles. The zero-order chi connectivity index (χ0) is 9.07. The van der Waals surface area contributed by atoms with Gasteiger partial charge in [0.25, 0.3) is 0 Å². The van der Waals surface area contributed by atoms with E-state index in [1.165, 1.54) is 19.9 Å². The minimum absolute atomic E-state index is 0.516. The van der Waals surface area contributed by atoms with Crippen LogP contribution < -0.4 is 0 Å². The van der Waals surface area contributed by atoms with Gasteiger partial charge in [0.05, 0.1) is 0 Å². The van der Waals surface area contributed by atoms with Crippen molar-refractivity contribution >= 4 is 5.97 Å². The van der Waals surface area contributed by atoms with Crippen LogP contribution >= 0.6 is 0 Å². The molecule has 0 heterocycles. The van der Waals surface area contributed by atoms with Crippen molar-refractivity contribution in [2.45, 2.75) is 33.5 Å². The van der Waals surface area contributed by atoms with Crippen LogP contribution in [0.2, 0.25) is 0 Å². The molecule has 0 aliphatic carbocycles. The molecule has 64 valence electrons. The lowest BCUT2D eigenvalue weighted by Gasteiger charge is -2.16. The van der Waals surface area contributed by atoms with Gasteiger partial charge in [0.15, 0.2) is 0 Å². The van der Waals surface area contributed by atoms with Gasteiger partial charge in [0.1, 0.15) is 0 Å². The summed E-state index contributed by atoms with van der Waals surface area (Å²) >= 11 is 0. The van der Waals surface area contributed by atoms with Crippen LogP contribution in [0.5, 0.6) is 0 Å². The van der Waals surface area contributed by atoms with Crippen LogP contribution in [0.1, 0.15) is 27.7 Å². The Labute approximate surface area is 66.7 Å². The molecule has 0 saturated heterocycles. The molecule has 0 bridgehead atoms. The van der Waals surface area contributed by atoms with E-state index in [9.17, 15) is 4.79 Å². The number of carbonyl (C=O) groups excluding carboxylic acids is 1. The van der Waals surface area contributed by atoms with Gasteiger partial charge in [-0.15, -0.1) is 0 Å². The number of hydrogen-bond donors (Lipinski definition) is 1. The Morgan fingerprint density at radius 1 is 1.45 bits per heavy atom. The number of rotatable bonds is 2. The van der Waals surface area contributed by atoms with E-state index in [2.05, 4.69) is 4.74 Å². The van der Waals surface area contributed by atoms with Crippen molar-refractivity contribution in [1.82, 2.24) is 0 Å². The second-order valence-electron chi connectivity index (χ2n) is 3.09. The maximum Gasteiger partial charge on any atom is 0.333 e. The monoisotopic (exact) mass is 158 g/mol. The molecule has 11 heavy (non-hydrogen) atoms. The molecule has 3 nitrogen and oxygen atoms in total. The molecule has 3 heteroatoms. The first-order valence-electron chi connectivity index (χ1n) is 3.41. The molecule has 0 saturated carbocycles. The summed E-state index contributed by atoms with van der Waals surface area (Å²) in [7, 11) is 0. The number of esters is 1. The Morgan fingerprint density at radius 3 is 2.18 bits per heavy atom. The number of carbonyl (C=O) groups is 1. The third kappa shape index (κ3) is 7.06. The van der Waals surface area contributed by atoms with Crippen LogP contribution in [0, 0.1) is 0 Å². The molecule has 0 spiro atoms. The number of hydrogen-bond acceptors (Lipinski definition) is 3. The molecule has 1 N–H and O–H groups in total. The largest absolute Gasteiger partial charge is 0.431 e. The Bertz CT molecular complexity index is 170. The Morgan fingerprint density at radius 2 is 1.91 bits per heavy atom. The Hall–Kier alpha value is -0.830. The lowest BCUT2D eigenvalue weighted by molar-refractivity contribution is -0.189. The minimum Gasteiger partial charge on any atom is -0.431 e. The van der Waals surface area contributed by atoms with Crippen molar-refractivity contribution in [3.63, 3.8) is 0 Å². The fourth-order valence-corrected chi connectivity index (χ4v) is 0.511. The number of ether oxygens (including phenoxy) is 1. The van der Waals surface area contributed by atoms with E-state index in [0.29, 0.717) is 0 Å². The van der Waals surface area contributed by atoms with E-state index in [1.807, 2.05) is 0 Å². The molecule has 0 radical (unpaired) electrons. The fraction of sp³-hybridized carbons (Fsp3) is 0.625. The lowest BCUT2D eigenvalue weighted by Crippen LogP contribution is -2.26. The maximum absolute atomic E-state index is 10.8. The van der Waals surface area contributed by atoms with Crippen LogP contribution in [-0.2, 0) is 9.53 Å². The van der Waals surface area contributed by atoms with Crippen molar-refractivity contribution in [1.29, 1.82) is 0 Å². The summed E-state index contributed by atoms with van der Waals surface area (Å²) < 4.78 is 4.59. The van der Waals surface area contributed by atoms with E-state index in [-0.39, 0.29) is 0 Å². The molecular formula is C8H14O3. The quantitative estimate of drug-likeness (QED) is 0.373. The van der Waals surface area contributed by atoms with E-state index >= 15 is 0 Å². The van der Waals surface area contributed by atoms with Gasteiger partial charge in [-0.2, -0.15) is 0 Å². The summed E-state index contributed by atoms with van der Waals surface area (Å²) in [6.07, 6.45) is 1.33. The van der Waals surface area contributed by atoms with Crippen LogP contribution in [0.3, 0.4) is 0 Å². The second-order valence-corrected chi connectivity index (χ2v) is 3.09. The first-order valence-corrected chi connectivity index (χ1v) is 3.41. The van der Waals surface area contributed by atoms with Crippen molar-refractivity contribution in [3.8, 4) is 0 Å². The molecule has 0 fully saturated rings. The summed E-state index contributed by atoms with van der Waals surface area (Å²) in [5, 5.41) is 9.03. The third-order valence-electron chi connectivity index (χ3n) is 0.757. The SMILES string of the molecule is CC(C)=CC(=O)OC(C)(C)O. The first-order chi connectivity index (χ1) is 4.81. The summed E-state index contributed by atoms with van der Waals surface area (Å²) in [6, 6.07) is 0. The molecule has 0 amide bonds. The highest BCUT2D eigenvalue weighted by Crippen LogP contribution is 2.04. The number of allylic oxidation sites excluding steroid dienone is 1. The van der Waals surface area contributed by atoms with E-state index < -0.39 is 11.8 Å². The Kier molecular flexibility index (Phi) is 3.26. The average molecular weight is 158 g/mol. The van der Waals surface area contributed by atoms with Crippen LogP contribution in [-0.4, -0.2) is 16.9 Å². The predicted molar refractivity (Wildman–Crippen MR) is 41.8 cm³/mol. The van der Waals surface area contributed by atoms with Crippen molar-refractivity contribution in [2.75, 3.05) is 0 Å². The zero-order valence-corrected chi connectivity index (χ0v) is 7.34. The maximum atomic E-state index is 10.8. The van der Waals surface area contributed by atoms with Crippen molar-refractivity contribution in [2.24, 2.45) is 0 Å². The molecule has 0 aliphatic heterocycles. The predicted octanol–water partition coefficient (Wildman–Crippen LogP) is 1.22. The first kappa shape index (κ1) is 10.2. The minimum atomic E-state index is -1.39. The third-order valence-corrected chi connectivity index (χ3v) is 0.757. The summed E-state index contributed by atoms with van der Waals surface area (Å²) in [5.41, 5.74) is 0.847. The fourth-order valence-electron chi connectivity index (χ4n) is 0.511. The Balaban J connectivity index is 4.00. The zero-order valence-electron chi connectivity index (χ0n) is 7.34. The summed E-state index contributed by atoms with van der Waals surface area (Å²) in [5.74, 6) is -1.90. The molecule has 0 aromatic rings. The van der Waals surface area contributed by atoms with E-state index in [1.54, 1.807) is 13.8 Å². The number of aliphatic hydroxyl groups is 1. The van der Waals surface area contributed by atoms with Crippen LogP contribution in [0.15, 0.2) is 11.6 Å².